The second-order valence-corrected chi connectivity index (χ2v) is 10.2. The number of para-hydroxylation sites is 1. The third-order valence-corrected chi connectivity index (χ3v) is 6.88. The van der Waals surface area contributed by atoms with Gasteiger partial charge in [0.25, 0.3) is 10.7 Å². The van der Waals surface area contributed by atoms with Crippen molar-refractivity contribution in [2.45, 2.75) is 24.0 Å². The number of hydrogen-bond donors (Lipinski definition) is 0. The zero-order valence-corrected chi connectivity index (χ0v) is 19.3. The zero-order valence-electron chi connectivity index (χ0n) is 18.5. The van der Waals surface area contributed by atoms with Gasteiger partial charge in [-0.05, 0) is 31.0 Å². The Labute approximate surface area is 198 Å². The van der Waals surface area contributed by atoms with Gasteiger partial charge in [-0.1, -0.05) is 18.2 Å². The maximum Gasteiger partial charge on any atom is 0.285 e. The first-order valence-electron chi connectivity index (χ1n) is 10.9. The van der Waals surface area contributed by atoms with E-state index in [4.69, 9.17) is 0 Å². The number of hydrogen-bond acceptors (Lipinski definition) is 8. The lowest BCUT2D eigenvalue weighted by atomic mass is 10.2. The van der Waals surface area contributed by atoms with Gasteiger partial charge in [-0.15, -0.1) is 0 Å². The quantitative estimate of drug-likeness (QED) is 0.371. The van der Waals surface area contributed by atoms with Crippen LogP contribution in [0.3, 0.4) is 0 Å². The van der Waals surface area contributed by atoms with E-state index in [1.54, 1.807) is 30.3 Å². The summed E-state index contributed by atoms with van der Waals surface area (Å²) in [7, 11) is -3.70. The molecule has 0 unspecified atom stereocenters. The molecule has 1 aliphatic rings. The molecule has 0 N–H and O–H groups in total. The molecule has 13 heteroatoms. The smallest absolute Gasteiger partial charge is 0.285 e. The number of anilines is 1. The van der Waals surface area contributed by atoms with Crippen LogP contribution in [0.2, 0.25) is 0 Å². The summed E-state index contributed by atoms with van der Waals surface area (Å²) >= 11 is 0. The topological polar surface area (TPSA) is 120 Å². The summed E-state index contributed by atoms with van der Waals surface area (Å²) < 4.78 is 43.1. The lowest BCUT2D eigenvalue weighted by Gasteiger charge is -2.27. The van der Waals surface area contributed by atoms with Gasteiger partial charge < -0.3 is 4.90 Å². The first-order chi connectivity index (χ1) is 16.8. The van der Waals surface area contributed by atoms with E-state index >= 15 is 0 Å². The van der Waals surface area contributed by atoms with Gasteiger partial charge >= 0.3 is 0 Å². The molecule has 0 amide bonds. The summed E-state index contributed by atoms with van der Waals surface area (Å²) in [6, 6.07) is 11.2. The van der Waals surface area contributed by atoms with Gasteiger partial charge in [0.05, 0.1) is 17.9 Å². The minimum Gasteiger partial charge on any atom is -0.330 e. The second-order valence-electron chi connectivity index (χ2n) is 8.32. The standard InChI is InChI=1S/C22H19FN8O3S/c1-35(33,34)21-25-17-9-11-24-31(17)22(26-21)28-12-5-8-16(28)19-27-29-13-10-15(23)18(29)20(32)30(19)14-6-3-2-4-7-14/h2-4,6-7,9-11,13,16H,5,8,12H2,1H3/t16-/m0/s1. The Morgan fingerprint density at radius 1 is 1.09 bits per heavy atom. The summed E-state index contributed by atoms with van der Waals surface area (Å²) in [6.45, 7) is 0.516. The molecule has 35 heavy (non-hydrogen) atoms. The van der Waals surface area contributed by atoms with Gasteiger partial charge in [-0.3, -0.25) is 9.36 Å². The van der Waals surface area contributed by atoms with Crippen molar-refractivity contribution >= 4 is 26.9 Å². The maximum atomic E-state index is 14.5. The molecule has 1 saturated heterocycles. The van der Waals surface area contributed by atoms with Gasteiger partial charge in [-0.25, -0.2) is 17.3 Å². The van der Waals surface area contributed by atoms with Gasteiger partial charge in [0.2, 0.25) is 15.8 Å². The summed E-state index contributed by atoms with van der Waals surface area (Å²) in [6.07, 6.45) is 5.30. The molecular formula is C22H19FN8O3S. The molecule has 0 spiro atoms. The fourth-order valence-electron chi connectivity index (χ4n) is 4.51. The Kier molecular flexibility index (Phi) is 4.71. The third kappa shape index (κ3) is 3.38. The molecule has 1 atom stereocenters. The third-order valence-electron chi connectivity index (χ3n) is 6.03. The van der Waals surface area contributed by atoms with Crippen LogP contribution in [-0.4, -0.2) is 55.0 Å². The van der Waals surface area contributed by atoms with Crippen molar-refractivity contribution in [3.05, 3.63) is 76.9 Å². The van der Waals surface area contributed by atoms with E-state index < -0.39 is 27.3 Å². The van der Waals surface area contributed by atoms with Crippen molar-refractivity contribution in [1.82, 2.24) is 33.8 Å². The minimum absolute atomic E-state index is 0.155. The van der Waals surface area contributed by atoms with Crippen LogP contribution in [0.4, 0.5) is 10.3 Å². The molecule has 5 heterocycles. The van der Waals surface area contributed by atoms with Crippen LogP contribution in [0.5, 0.6) is 0 Å². The summed E-state index contributed by atoms with van der Waals surface area (Å²) in [4.78, 5) is 23.8. The number of benzene rings is 1. The van der Waals surface area contributed by atoms with Crippen LogP contribution in [0, 0.1) is 5.82 Å². The summed E-state index contributed by atoms with van der Waals surface area (Å²) in [5, 5.41) is 8.60. The molecule has 5 aromatic rings. The monoisotopic (exact) mass is 494 g/mol. The molecule has 1 aromatic carbocycles. The molecule has 11 nitrogen and oxygen atoms in total. The van der Waals surface area contributed by atoms with E-state index in [9.17, 15) is 17.6 Å². The van der Waals surface area contributed by atoms with Crippen LogP contribution < -0.4 is 10.5 Å². The van der Waals surface area contributed by atoms with E-state index in [0.29, 0.717) is 30.1 Å². The van der Waals surface area contributed by atoms with E-state index in [2.05, 4.69) is 20.2 Å². The minimum atomic E-state index is -3.70. The Balaban J connectivity index is 1.60. The largest absolute Gasteiger partial charge is 0.330 e. The average molecular weight is 495 g/mol. The van der Waals surface area contributed by atoms with Gasteiger partial charge in [-0.2, -0.15) is 24.7 Å². The fourth-order valence-corrected chi connectivity index (χ4v) is 5.01. The highest BCUT2D eigenvalue weighted by Crippen LogP contribution is 2.35. The van der Waals surface area contributed by atoms with Crippen LogP contribution in [0.1, 0.15) is 24.7 Å². The van der Waals surface area contributed by atoms with Gasteiger partial charge in [0.15, 0.2) is 22.8 Å². The van der Waals surface area contributed by atoms with E-state index in [-0.39, 0.29) is 16.6 Å². The second kappa shape index (κ2) is 7.70. The van der Waals surface area contributed by atoms with Gasteiger partial charge in [0, 0.05) is 25.1 Å². The van der Waals surface area contributed by atoms with Crippen LogP contribution in [0.25, 0.3) is 16.9 Å². The fraction of sp³-hybridized carbons (Fsp3) is 0.227. The normalized spacial score (nSPS) is 16.5. The van der Waals surface area contributed by atoms with Crippen molar-refractivity contribution in [2.24, 2.45) is 0 Å². The molecule has 6 rings (SSSR count). The number of sulfone groups is 1. The van der Waals surface area contributed by atoms with Crippen LogP contribution >= 0.6 is 0 Å². The van der Waals surface area contributed by atoms with Crippen molar-refractivity contribution < 1.29 is 12.8 Å². The molecule has 0 aliphatic carbocycles. The zero-order chi connectivity index (χ0) is 24.3. The molecule has 178 valence electrons. The molecule has 0 radical (unpaired) electrons. The predicted octanol–water partition coefficient (Wildman–Crippen LogP) is 1.81. The lowest BCUT2D eigenvalue weighted by molar-refractivity contribution is 0.575. The number of nitrogens with zero attached hydrogens (tertiary/aromatic N) is 8. The van der Waals surface area contributed by atoms with Gasteiger partial charge in [0.1, 0.15) is 0 Å². The van der Waals surface area contributed by atoms with E-state index in [1.807, 2.05) is 11.0 Å². The van der Waals surface area contributed by atoms with Crippen molar-refractivity contribution in [3.8, 4) is 5.69 Å². The number of aromatic nitrogens is 7. The SMILES string of the molecule is CS(=O)(=O)c1nc(N2CCC[C@H]2c2nn3ccc(F)c3c(=O)n2-c2ccccc2)n2nccc2n1. The highest BCUT2D eigenvalue weighted by Gasteiger charge is 2.35. The Morgan fingerprint density at radius 2 is 1.89 bits per heavy atom. The Bertz CT molecular complexity index is 1760. The lowest BCUT2D eigenvalue weighted by Crippen LogP contribution is -2.34. The summed E-state index contributed by atoms with van der Waals surface area (Å²) in [5.41, 5.74) is 0.174. The molecule has 1 fully saturated rings. The van der Waals surface area contributed by atoms with Crippen LogP contribution in [-0.2, 0) is 9.84 Å². The van der Waals surface area contributed by atoms with Crippen LogP contribution in [0.15, 0.2) is 64.8 Å². The van der Waals surface area contributed by atoms with Crippen molar-refractivity contribution in [2.75, 3.05) is 17.7 Å². The number of rotatable bonds is 4. The Morgan fingerprint density at radius 3 is 2.66 bits per heavy atom. The maximum absolute atomic E-state index is 14.5. The number of halogens is 1. The average Bonchev–Trinajstić information content (AvgIpc) is 3.58. The molecule has 0 bridgehead atoms. The molecule has 0 saturated carbocycles. The first kappa shape index (κ1) is 21.4. The number of fused-ring (bicyclic) bond motifs is 2. The van der Waals surface area contributed by atoms with Crippen molar-refractivity contribution in [3.63, 3.8) is 0 Å². The molecular weight excluding hydrogens is 475 g/mol. The highest BCUT2D eigenvalue weighted by atomic mass is 32.2. The van der Waals surface area contributed by atoms with E-state index in [1.165, 1.54) is 32.1 Å². The predicted molar refractivity (Wildman–Crippen MR) is 124 cm³/mol. The first-order valence-corrected chi connectivity index (χ1v) is 12.8. The van der Waals surface area contributed by atoms with Crippen molar-refractivity contribution in [1.29, 1.82) is 0 Å². The summed E-state index contributed by atoms with van der Waals surface area (Å²) in [5.74, 6) is -0.00829. The highest BCUT2D eigenvalue weighted by molar-refractivity contribution is 7.90. The Hall–Kier alpha value is -4.13. The van der Waals surface area contributed by atoms with E-state index in [0.717, 1.165) is 12.7 Å². The molecule has 1 aliphatic heterocycles. The molecule has 4 aromatic heterocycles.